The molecule has 3 N–H and O–H groups in total. The number of carboxylic acids is 1. The predicted molar refractivity (Wildman–Crippen MR) is 74.0 cm³/mol. The Bertz CT molecular complexity index is 561. The van der Waals surface area contributed by atoms with Crippen molar-refractivity contribution in [1.29, 1.82) is 0 Å². The Balaban J connectivity index is 2.14. The maximum absolute atomic E-state index is 10.7. The lowest BCUT2D eigenvalue weighted by atomic mass is 10.1. The van der Waals surface area contributed by atoms with Gasteiger partial charge in [0.1, 0.15) is 5.75 Å². The highest BCUT2D eigenvalue weighted by Gasteiger charge is 2.12. The molecule has 0 aromatic heterocycles. The Morgan fingerprint density at radius 2 is 1.53 bits per heavy atom. The molecule has 0 fully saturated rings. The van der Waals surface area contributed by atoms with Crippen molar-refractivity contribution >= 4 is 11.7 Å². The van der Waals surface area contributed by atoms with E-state index in [1.807, 2.05) is 36.4 Å². The van der Waals surface area contributed by atoms with Crippen LogP contribution in [0.2, 0.25) is 0 Å². The summed E-state index contributed by atoms with van der Waals surface area (Å²) in [6.07, 6.45) is -0.859. The number of carboxylic acid groups (broad SMARTS) is 1. The Morgan fingerprint density at radius 1 is 1.05 bits per heavy atom. The van der Waals surface area contributed by atoms with Gasteiger partial charge in [-0.25, -0.2) is 4.79 Å². The van der Waals surface area contributed by atoms with E-state index in [0.717, 1.165) is 16.8 Å². The van der Waals surface area contributed by atoms with Crippen LogP contribution in [-0.4, -0.2) is 17.2 Å². The molecule has 19 heavy (non-hydrogen) atoms. The van der Waals surface area contributed by atoms with E-state index in [1.54, 1.807) is 12.1 Å². The average Bonchev–Trinajstić information content (AvgIpc) is 2.40. The van der Waals surface area contributed by atoms with Crippen molar-refractivity contribution in [2.24, 2.45) is 0 Å². The molecule has 0 saturated heterocycles. The third-order valence-electron chi connectivity index (χ3n) is 2.76. The normalized spacial score (nSPS) is 11.8. The molecule has 2 aromatic carbocycles. The van der Waals surface area contributed by atoms with Crippen LogP contribution in [0.25, 0.3) is 11.1 Å². The van der Waals surface area contributed by atoms with E-state index in [-0.39, 0.29) is 0 Å². The Hall–Kier alpha value is -2.49. The molecule has 0 saturated carbocycles. The first-order valence-corrected chi connectivity index (χ1v) is 5.91. The van der Waals surface area contributed by atoms with Crippen molar-refractivity contribution in [2.75, 3.05) is 5.73 Å². The summed E-state index contributed by atoms with van der Waals surface area (Å²) in [6.45, 7) is 1.50. The van der Waals surface area contributed by atoms with Crippen molar-refractivity contribution < 1.29 is 14.6 Å². The van der Waals surface area contributed by atoms with Crippen LogP contribution in [0.5, 0.6) is 5.75 Å². The fraction of sp³-hybridized carbons (Fsp3) is 0.133. The van der Waals surface area contributed by atoms with Crippen molar-refractivity contribution in [3.05, 3.63) is 48.5 Å². The summed E-state index contributed by atoms with van der Waals surface area (Å²) < 4.78 is 5.27. The van der Waals surface area contributed by atoms with Crippen molar-refractivity contribution in [3.8, 4) is 16.9 Å². The average molecular weight is 257 g/mol. The Morgan fingerprint density at radius 3 is 2.00 bits per heavy atom. The summed E-state index contributed by atoms with van der Waals surface area (Å²) in [4.78, 5) is 10.7. The summed E-state index contributed by atoms with van der Waals surface area (Å²) in [5, 5.41) is 8.77. The van der Waals surface area contributed by atoms with Gasteiger partial charge in [0, 0.05) is 5.69 Å². The van der Waals surface area contributed by atoms with Crippen LogP contribution in [0.4, 0.5) is 5.69 Å². The highest BCUT2D eigenvalue weighted by Crippen LogP contribution is 2.23. The smallest absolute Gasteiger partial charge is 0.344 e. The molecule has 4 nitrogen and oxygen atoms in total. The largest absolute Gasteiger partial charge is 0.479 e. The molecule has 4 heteroatoms. The molecule has 0 radical (unpaired) electrons. The predicted octanol–water partition coefficient (Wildman–Crippen LogP) is 2.79. The third-order valence-corrected chi connectivity index (χ3v) is 2.76. The zero-order chi connectivity index (χ0) is 13.8. The van der Waals surface area contributed by atoms with Crippen LogP contribution in [0.15, 0.2) is 48.5 Å². The molecule has 1 unspecified atom stereocenters. The molecular weight excluding hydrogens is 242 g/mol. The molecule has 98 valence electrons. The molecule has 0 amide bonds. The van der Waals surface area contributed by atoms with E-state index >= 15 is 0 Å². The minimum Gasteiger partial charge on any atom is -0.479 e. The van der Waals surface area contributed by atoms with E-state index in [9.17, 15) is 4.79 Å². The van der Waals surface area contributed by atoms with Gasteiger partial charge in [-0.1, -0.05) is 24.3 Å². The zero-order valence-electron chi connectivity index (χ0n) is 10.5. The lowest BCUT2D eigenvalue weighted by Crippen LogP contribution is -2.22. The number of ether oxygens (including phenoxy) is 1. The molecule has 0 aliphatic carbocycles. The minimum atomic E-state index is -0.984. The second kappa shape index (κ2) is 5.44. The maximum atomic E-state index is 10.7. The van der Waals surface area contributed by atoms with Gasteiger partial charge < -0.3 is 15.6 Å². The lowest BCUT2D eigenvalue weighted by molar-refractivity contribution is -0.144. The van der Waals surface area contributed by atoms with Gasteiger partial charge in [-0.3, -0.25) is 0 Å². The number of hydrogen-bond donors (Lipinski definition) is 2. The van der Waals surface area contributed by atoms with Crippen LogP contribution in [-0.2, 0) is 4.79 Å². The number of hydrogen-bond acceptors (Lipinski definition) is 3. The Labute approximate surface area is 111 Å². The zero-order valence-corrected chi connectivity index (χ0v) is 10.5. The molecular formula is C15H15NO3. The van der Waals surface area contributed by atoms with Crippen LogP contribution >= 0.6 is 0 Å². The van der Waals surface area contributed by atoms with Gasteiger partial charge in [0.05, 0.1) is 0 Å². The molecule has 2 rings (SSSR count). The van der Waals surface area contributed by atoms with Crippen LogP contribution in [0.1, 0.15) is 6.92 Å². The summed E-state index contributed by atoms with van der Waals surface area (Å²) >= 11 is 0. The molecule has 0 spiro atoms. The molecule has 0 bridgehead atoms. The van der Waals surface area contributed by atoms with Crippen molar-refractivity contribution in [3.63, 3.8) is 0 Å². The molecule has 2 aromatic rings. The monoisotopic (exact) mass is 257 g/mol. The van der Waals surface area contributed by atoms with Gasteiger partial charge in [0.25, 0.3) is 0 Å². The number of anilines is 1. The second-order valence-electron chi connectivity index (χ2n) is 4.24. The Kier molecular flexibility index (Phi) is 3.71. The highest BCUT2D eigenvalue weighted by molar-refractivity contribution is 5.72. The number of nitrogen functional groups attached to an aromatic ring is 1. The van der Waals surface area contributed by atoms with E-state index < -0.39 is 12.1 Å². The minimum absolute atomic E-state index is 0.536. The number of rotatable bonds is 4. The van der Waals surface area contributed by atoms with E-state index in [1.165, 1.54) is 6.92 Å². The van der Waals surface area contributed by atoms with E-state index in [2.05, 4.69) is 0 Å². The second-order valence-corrected chi connectivity index (χ2v) is 4.24. The van der Waals surface area contributed by atoms with Gasteiger partial charge in [-0.15, -0.1) is 0 Å². The summed E-state index contributed by atoms with van der Waals surface area (Å²) in [5.74, 6) is -0.447. The quantitative estimate of drug-likeness (QED) is 0.826. The number of carbonyl (C=O) groups is 1. The first-order valence-electron chi connectivity index (χ1n) is 5.91. The van der Waals surface area contributed by atoms with E-state index in [4.69, 9.17) is 15.6 Å². The van der Waals surface area contributed by atoms with E-state index in [0.29, 0.717) is 5.75 Å². The van der Waals surface area contributed by atoms with Gasteiger partial charge in [0.15, 0.2) is 6.10 Å². The highest BCUT2D eigenvalue weighted by atomic mass is 16.5. The third kappa shape index (κ3) is 3.25. The van der Waals surface area contributed by atoms with Gasteiger partial charge in [-0.05, 0) is 42.3 Å². The van der Waals surface area contributed by atoms with Crippen molar-refractivity contribution in [1.82, 2.24) is 0 Å². The van der Waals surface area contributed by atoms with Gasteiger partial charge in [-0.2, -0.15) is 0 Å². The van der Waals surface area contributed by atoms with Crippen LogP contribution in [0.3, 0.4) is 0 Å². The van der Waals surface area contributed by atoms with Crippen LogP contribution < -0.4 is 10.5 Å². The summed E-state index contributed by atoms with van der Waals surface area (Å²) in [7, 11) is 0. The van der Waals surface area contributed by atoms with Gasteiger partial charge >= 0.3 is 5.97 Å². The number of aliphatic carboxylic acids is 1. The van der Waals surface area contributed by atoms with Crippen molar-refractivity contribution in [2.45, 2.75) is 13.0 Å². The summed E-state index contributed by atoms with van der Waals surface area (Å²) in [6, 6.07) is 14.8. The number of nitrogens with two attached hydrogens (primary N) is 1. The first-order chi connectivity index (χ1) is 9.06. The fourth-order valence-electron chi connectivity index (χ4n) is 1.66. The van der Waals surface area contributed by atoms with Gasteiger partial charge in [0.2, 0.25) is 0 Å². The molecule has 0 aliphatic heterocycles. The standard InChI is InChI=1S/C15H15NO3/c1-10(15(17)18)19-14-8-4-12(5-9-14)11-2-6-13(16)7-3-11/h2-10H,16H2,1H3,(H,17,18). The maximum Gasteiger partial charge on any atom is 0.344 e. The number of benzene rings is 2. The van der Waals surface area contributed by atoms with Crippen LogP contribution in [0, 0.1) is 0 Å². The fourth-order valence-corrected chi connectivity index (χ4v) is 1.66. The topological polar surface area (TPSA) is 72.5 Å². The summed E-state index contributed by atoms with van der Waals surface area (Å²) in [5.41, 5.74) is 8.43. The SMILES string of the molecule is CC(Oc1ccc(-c2ccc(N)cc2)cc1)C(=O)O. The lowest BCUT2D eigenvalue weighted by Gasteiger charge is -2.10. The molecule has 0 aliphatic rings. The molecule has 0 heterocycles. The first kappa shape index (κ1) is 13.0. The molecule has 1 atom stereocenters.